The summed E-state index contributed by atoms with van der Waals surface area (Å²) in [5, 5.41) is 7.69. The third-order valence-electron chi connectivity index (χ3n) is 8.87. The number of benzene rings is 3. The Morgan fingerprint density at radius 1 is 0.943 bits per heavy atom. The van der Waals surface area contributed by atoms with E-state index in [1.165, 1.54) is 6.08 Å². The molecule has 10 nitrogen and oxygen atoms in total. The minimum atomic E-state index is -0.274. The van der Waals surface area contributed by atoms with Gasteiger partial charge in [0.05, 0.1) is 30.5 Å². The summed E-state index contributed by atoms with van der Waals surface area (Å²) in [5.74, 6) is 0.130. The van der Waals surface area contributed by atoms with Crippen molar-refractivity contribution in [1.82, 2.24) is 19.9 Å². The summed E-state index contributed by atoms with van der Waals surface area (Å²) in [4.78, 5) is 36.4. The largest absolute Gasteiger partial charge is 0.487 e. The third kappa shape index (κ3) is 8.36. The molecule has 1 fully saturated rings. The number of aryl methyl sites for hydroxylation is 1. The standard InChI is InChI=1S/C41H36Cl2N6O4/c1-27-24-36(48-20-22-52-23-21-48)32-5-2-6-37(40(32)46-27)53-26-33-34(42)12-13-35(39(33)43)49-19-3-4-31(49)25-45-38(50)14-9-28-7-10-29(11-8-28)41(51)47-30-15-17-44-18-16-30/h2-19,24H,20-23,25-26H2,1H3,(H,45,50)(H,44,47,51)/b14-9+. The van der Waals surface area contributed by atoms with Gasteiger partial charge in [-0.3, -0.25) is 14.6 Å². The van der Waals surface area contributed by atoms with E-state index in [1.54, 1.807) is 60.9 Å². The molecule has 2 amide bonds. The molecule has 1 aliphatic heterocycles. The number of pyridine rings is 2. The zero-order valence-corrected chi connectivity index (χ0v) is 30.4. The van der Waals surface area contributed by atoms with E-state index in [4.69, 9.17) is 37.7 Å². The zero-order chi connectivity index (χ0) is 36.7. The van der Waals surface area contributed by atoms with Crippen LogP contribution in [0.2, 0.25) is 10.0 Å². The number of aromatic nitrogens is 3. The predicted molar refractivity (Wildman–Crippen MR) is 209 cm³/mol. The van der Waals surface area contributed by atoms with Gasteiger partial charge in [0.1, 0.15) is 17.9 Å². The monoisotopic (exact) mass is 746 g/mol. The minimum Gasteiger partial charge on any atom is -0.487 e. The lowest BCUT2D eigenvalue weighted by molar-refractivity contribution is -0.116. The molecule has 1 saturated heterocycles. The van der Waals surface area contributed by atoms with Crippen LogP contribution in [0.25, 0.3) is 22.7 Å². The second kappa shape index (κ2) is 16.3. The average molecular weight is 748 g/mol. The maximum atomic E-state index is 12.8. The fourth-order valence-corrected chi connectivity index (χ4v) is 6.72. The molecule has 6 aromatic rings. The smallest absolute Gasteiger partial charge is 0.255 e. The normalized spacial score (nSPS) is 13.0. The van der Waals surface area contributed by atoms with E-state index in [0.29, 0.717) is 51.5 Å². The van der Waals surface area contributed by atoms with Crippen molar-refractivity contribution in [1.29, 1.82) is 0 Å². The molecule has 0 atom stereocenters. The lowest BCUT2D eigenvalue weighted by atomic mass is 10.1. The number of nitrogens with zero attached hydrogens (tertiary/aromatic N) is 4. The SMILES string of the molecule is Cc1cc(N2CCOCC2)c2cccc(OCc3c(Cl)ccc(-n4cccc4CNC(=O)/C=C/c4ccc(C(=O)Nc5ccncc5)cc4)c3Cl)c2n1. The first-order valence-electron chi connectivity index (χ1n) is 17.1. The van der Waals surface area contributed by atoms with Crippen molar-refractivity contribution < 1.29 is 19.1 Å². The van der Waals surface area contributed by atoms with E-state index in [2.05, 4.69) is 32.7 Å². The predicted octanol–water partition coefficient (Wildman–Crippen LogP) is 8.03. The van der Waals surface area contributed by atoms with Gasteiger partial charge in [0.15, 0.2) is 0 Å². The number of para-hydroxylation sites is 1. The van der Waals surface area contributed by atoms with Crippen LogP contribution >= 0.6 is 23.2 Å². The van der Waals surface area contributed by atoms with Gasteiger partial charge in [0, 0.05) is 82.1 Å². The highest BCUT2D eigenvalue weighted by atomic mass is 35.5. The highest BCUT2D eigenvalue weighted by Gasteiger charge is 2.19. The van der Waals surface area contributed by atoms with Gasteiger partial charge in [0.2, 0.25) is 5.91 Å². The van der Waals surface area contributed by atoms with Crippen LogP contribution in [0.15, 0.2) is 110 Å². The Hall–Kier alpha value is -5.68. The number of carbonyl (C=O) groups excluding carboxylic acids is 2. The number of fused-ring (bicyclic) bond motifs is 1. The van der Waals surface area contributed by atoms with Gasteiger partial charge in [-0.25, -0.2) is 4.98 Å². The van der Waals surface area contributed by atoms with Crippen LogP contribution in [-0.2, 0) is 22.7 Å². The quantitative estimate of drug-likeness (QED) is 0.129. The summed E-state index contributed by atoms with van der Waals surface area (Å²) in [5.41, 5.74) is 6.87. The second-order valence-electron chi connectivity index (χ2n) is 12.4. The molecule has 0 radical (unpaired) electrons. The van der Waals surface area contributed by atoms with Crippen LogP contribution in [0.4, 0.5) is 11.4 Å². The number of ether oxygens (including phenoxy) is 2. The van der Waals surface area contributed by atoms with Crippen LogP contribution in [0, 0.1) is 6.92 Å². The summed E-state index contributed by atoms with van der Waals surface area (Å²) in [7, 11) is 0. The first kappa shape index (κ1) is 35.7. The minimum absolute atomic E-state index is 0.127. The number of nitrogens with one attached hydrogen (secondary N) is 2. The fourth-order valence-electron chi connectivity index (χ4n) is 6.15. The average Bonchev–Trinajstić information content (AvgIpc) is 3.65. The summed E-state index contributed by atoms with van der Waals surface area (Å²) >= 11 is 13.7. The van der Waals surface area contributed by atoms with E-state index < -0.39 is 0 Å². The Balaban J connectivity index is 1.01. The molecule has 0 aliphatic carbocycles. The van der Waals surface area contributed by atoms with Crippen molar-refractivity contribution in [2.24, 2.45) is 0 Å². The van der Waals surface area contributed by atoms with Gasteiger partial charge in [-0.15, -0.1) is 0 Å². The Morgan fingerprint density at radius 3 is 2.53 bits per heavy atom. The zero-order valence-electron chi connectivity index (χ0n) is 28.9. The number of hydrogen-bond donors (Lipinski definition) is 2. The molecule has 53 heavy (non-hydrogen) atoms. The van der Waals surface area contributed by atoms with E-state index in [1.807, 2.05) is 48.0 Å². The van der Waals surface area contributed by atoms with Crippen molar-refractivity contribution in [3.63, 3.8) is 0 Å². The third-order valence-corrected chi connectivity index (χ3v) is 9.65. The number of hydrogen-bond acceptors (Lipinski definition) is 7. The molecule has 1 aliphatic rings. The molecule has 12 heteroatoms. The number of anilines is 2. The topological polar surface area (TPSA) is 111 Å². The highest BCUT2D eigenvalue weighted by molar-refractivity contribution is 6.37. The first-order valence-corrected chi connectivity index (χ1v) is 17.9. The van der Waals surface area contributed by atoms with E-state index in [-0.39, 0.29) is 25.0 Å². The summed E-state index contributed by atoms with van der Waals surface area (Å²) < 4.78 is 13.9. The molecule has 3 aromatic carbocycles. The molecule has 4 heterocycles. The Morgan fingerprint density at radius 2 is 1.74 bits per heavy atom. The number of carbonyl (C=O) groups is 2. The maximum absolute atomic E-state index is 12.8. The molecular weight excluding hydrogens is 711 g/mol. The highest BCUT2D eigenvalue weighted by Crippen LogP contribution is 2.36. The molecule has 268 valence electrons. The van der Waals surface area contributed by atoms with Gasteiger partial charge in [-0.2, -0.15) is 0 Å². The number of halogens is 2. The summed E-state index contributed by atoms with van der Waals surface area (Å²) in [6.07, 6.45) is 8.25. The molecule has 7 rings (SSSR count). The van der Waals surface area contributed by atoms with Crippen LogP contribution in [0.1, 0.15) is 32.9 Å². The molecule has 0 spiro atoms. The van der Waals surface area contributed by atoms with Crippen molar-refractivity contribution in [2.75, 3.05) is 36.5 Å². The van der Waals surface area contributed by atoms with Gasteiger partial charge in [-0.05, 0) is 79.2 Å². The van der Waals surface area contributed by atoms with Crippen molar-refractivity contribution in [3.8, 4) is 11.4 Å². The van der Waals surface area contributed by atoms with E-state index >= 15 is 0 Å². The summed E-state index contributed by atoms with van der Waals surface area (Å²) in [6, 6.07) is 25.9. The van der Waals surface area contributed by atoms with E-state index in [0.717, 1.165) is 46.6 Å². The maximum Gasteiger partial charge on any atom is 0.255 e. The first-order chi connectivity index (χ1) is 25.8. The van der Waals surface area contributed by atoms with Gasteiger partial charge in [-0.1, -0.05) is 47.5 Å². The second-order valence-corrected chi connectivity index (χ2v) is 13.2. The van der Waals surface area contributed by atoms with Crippen molar-refractivity contribution in [2.45, 2.75) is 20.1 Å². The van der Waals surface area contributed by atoms with Crippen LogP contribution in [-0.4, -0.2) is 52.7 Å². The van der Waals surface area contributed by atoms with Crippen LogP contribution in [0.5, 0.6) is 5.75 Å². The molecular formula is C41H36Cl2N6O4. The lowest BCUT2D eigenvalue weighted by Crippen LogP contribution is -2.36. The Kier molecular flexibility index (Phi) is 11.0. The van der Waals surface area contributed by atoms with Crippen molar-refractivity contribution in [3.05, 3.63) is 148 Å². The summed E-state index contributed by atoms with van der Waals surface area (Å²) in [6.45, 7) is 5.37. The van der Waals surface area contributed by atoms with Crippen LogP contribution in [0.3, 0.4) is 0 Å². The van der Waals surface area contributed by atoms with Crippen molar-refractivity contribution >= 4 is 63.4 Å². The lowest BCUT2D eigenvalue weighted by Gasteiger charge is -2.30. The molecule has 0 saturated carbocycles. The fraction of sp³-hybridized carbons (Fsp3) is 0.171. The molecule has 2 N–H and O–H groups in total. The van der Waals surface area contributed by atoms with Gasteiger partial charge < -0.3 is 29.6 Å². The van der Waals surface area contributed by atoms with E-state index in [9.17, 15) is 9.59 Å². The number of rotatable bonds is 11. The number of amides is 2. The van der Waals surface area contributed by atoms with Gasteiger partial charge in [0.25, 0.3) is 5.91 Å². The molecule has 0 bridgehead atoms. The Bertz CT molecular complexity index is 2290. The van der Waals surface area contributed by atoms with Gasteiger partial charge >= 0.3 is 0 Å². The molecule has 3 aromatic heterocycles. The van der Waals surface area contributed by atoms with Crippen LogP contribution < -0.4 is 20.3 Å². The number of morpholine rings is 1. The Labute approximate surface area is 317 Å². The molecule has 0 unspecified atom stereocenters.